The fraction of sp³-hybridized carbons (Fsp3) is 0.143. The molecule has 0 N–H and O–H groups in total. The molecule has 1 rings (SSSR count). The first-order valence-electron chi connectivity index (χ1n) is 2.85. The van der Waals surface area contributed by atoms with Gasteiger partial charge in [-0.1, -0.05) is 12.1 Å². The number of hydrogen-bond donors (Lipinski definition) is 0. The van der Waals surface area contributed by atoms with Gasteiger partial charge in [-0.25, -0.2) is 17.6 Å². The third kappa shape index (κ3) is 1.50. The first-order valence-corrected chi connectivity index (χ1v) is 2.85. The van der Waals surface area contributed by atoms with E-state index >= 15 is 0 Å². The van der Waals surface area contributed by atoms with E-state index in [1.165, 1.54) is 0 Å². The predicted octanol–water partition coefficient (Wildman–Crippen LogP) is 2.90. The minimum absolute atomic E-state index is 0.793. The average molecular weight is 164 g/mol. The molecule has 1 aromatic rings. The lowest BCUT2D eigenvalue weighted by Crippen LogP contribution is -1.93. The molecular weight excluding hydrogens is 160 g/mol. The zero-order valence-electron chi connectivity index (χ0n) is 5.32. The van der Waals surface area contributed by atoms with Crippen molar-refractivity contribution < 1.29 is 17.6 Å². The van der Waals surface area contributed by atoms with Gasteiger partial charge in [0.1, 0.15) is 0 Å². The zero-order chi connectivity index (χ0) is 8.43. The first kappa shape index (κ1) is 8.04. The van der Waals surface area contributed by atoms with Gasteiger partial charge in [0, 0.05) is 0 Å². The molecule has 0 aliphatic rings. The minimum Gasteiger partial charge on any atom is -0.205 e. The Bertz CT molecular complexity index is 257. The monoisotopic (exact) mass is 164 g/mol. The molecule has 1 aromatic carbocycles. The van der Waals surface area contributed by atoms with E-state index < -0.39 is 23.6 Å². The quantitative estimate of drug-likeness (QED) is 0.560. The van der Waals surface area contributed by atoms with Crippen LogP contribution in [0.15, 0.2) is 18.2 Å². The van der Waals surface area contributed by atoms with E-state index in [4.69, 9.17) is 0 Å². The van der Waals surface area contributed by atoms with Crippen LogP contribution in [0.2, 0.25) is 0 Å². The lowest BCUT2D eigenvalue weighted by Gasteiger charge is -2.00. The van der Waals surface area contributed by atoms with Crippen LogP contribution in [-0.4, -0.2) is 0 Å². The molecule has 4 heteroatoms. The first-order chi connectivity index (χ1) is 5.13. The van der Waals surface area contributed by atoms with E-state index in [-0.39, 0.29) is 0 Å². The summed E-state index contributed by atoms with van der Waals surface area (Å²) in [7, 11) is 0. The van der Waals surface area contributed by atoms with Crippen molar-refractivity contribution >= 4 is 0 Å². The van der Waals surface area contributed by atoms with Gasteiger partial charge >= 0.3 is 0 Å². The minimum atomic E-state index is -2.97. The van der Waals surface area contributed by atoms with Crippen molar-refractivity contribution in [3.63, 3.8) is 0 Å². The van der Waals surface area contributed by atoms with Crippen LogP contribution in [-0.2, 0) is 0 Å². The van der Waals surface area contributed by atoms with E-state index in [1.54, 1.807) is 0 Å². The SMILES string of the molecule is Fc1cccc(C(F)F)c1F. The van der Waals surface area contributed by atoms with Gasteiger partial charge in [0.2, 0.25) is 0 Å². The molecule has 0 saturated heterocycles. The topological polar surface area (TPSA) is 0 Å². The Balaban J connectivity index is 3.17. The zero-order valence-corrected chi connectivity index (χ0v) is 5.32. The van der Waals surface area contributed by atoms with Gasteiger partial charge in [-0.3, -0.25) is 0 Å². The highest BCUT2D eigenvalue weighted by molar-refractivity contribution is 5.19. The standard InChI is InChI=1S/C7H4F4/c8-5-3-1-2-4(6(5)9)7(10)11/h1-3,7H. The summed E-state index contributed by atoms with van der Waals surface area (Å²) in [6.45, 7) is 0. The summed E-state index contributed by atoms with van der Waals surface area (Å²) < 4.78 is 48.2. The lowest BCUT2D eigenvalue weighted by molar-refractivity contribution is 0.145. The molecule has 0 unspecified atom stereocenters. The van der Waals surface area contributed by atoms with E-state index in [9.17, 15) is 17.6 Å². The van der Waals surface area contributed by atoms with Crippen LogP contribution in [0, 0.1) is 11.6 Å². The highest BCUT2D eigenvalue weighted by Crippen LogP contribution is 2.22. The molecule has 11 heavy (non-hydrogen) atoms. The Morgan fingerprint density at radius 2 is 1.73 bits per heavy atom. The Hall–Kier alpha value is -1.06. The smallest absolute Gasteiger partial charge is 0.205 e. The number of halogens is 4. The highest BCUT2D eigenvalue weighted by atomic mass is 19.3. The summed E-state index contributed by atoms with van der Waals surface area (Å²) in [4.78, 5) is 0. The fourth-order valence-electron chi connectivity index (χ4n) is 0.689. The van der Waals surface area contributed by atoms with Crippen LogP contribution in [0.5, 0.6) is 0 Å². The normalized spacial score (nSPS) is 10.6. The van der Waals surface area contributed by atoms with Crippen LogP contribution >= 0.6 is 0 Å². The second kappa shape index (κ2) is 2.90. The summed E-state index contributed by atoms with van der Waals surface area (Å²) in [6, 6.07) is 2.68. The second-order valence-corrected chi connectivity index (χ2v) is 1.94. The molecule has 0 aliphatic carbocycles. The van der Waals surface area contributed by atoms with E-state index in [2.05, 4.69) is 0 Å². The maximum atomic E-state index is 12.4. The van der Waals surface area contributed by atoms with Crippen molar-refractivity contribution in [2.24, 2.45) is 0 Å². The Labute approximate surface area is 60.5 Å². The van der Waals surface area contributed by atoms with Gasteiger partial charge < -0.3 is 0 Å². The van der Waals surface area contributed by atoms with Crippen LogP contribution in [0.25, 0.3) is 0 Å². The summed E-state index contributed by atoms with van der Waals surface area (Å²) in [5.74, 6) is -2.72. The Kier molecular flexibility index (Phi) is 2.12. The Morgan fingerprint density at radius 3 is 2.18 bits per heavy atom. The predicted molar refractivity (Wildman–Crippen MR) is 31.3 cm³/mol. The van der Waals surface area contributed by atoms with Crippen molar-refractivity contribution in [1.29, 1.82) is 0 Å². The van der Waals surface area contributed by atoms with Gasteiger partial charge in [0.05, 0.1) is 5.56 Å². The van der Waals surface area contributed by atoms with E-state index in [0.717, 1.165) is 18.2 Å². The summed E-state index contributed by atoms with van der Waals surface area (Å²) >= 11 is 0. The number of alkyl halides is 2. The number of benzene rings is 1. The van der Waals surface area contributed by atoms with Crippen molar-refractivity contribution in [3.8, 4) is 0 Å². The number of hydrogen-bond acceptors (Lipinski definition) is 0. The largest absolute Gasteiger partial charge is 0.266 e. The molecule has 0 heterocycles. The number of rotatable bonds is 1. The average Bonchev–Trinajstić information content (AvgIpc) is 1.94. The summed E-state index contributed by atoms with van der Waals surface area (Å²) in [6.07, 6.45) is -2.97. The summed E-state index contributed by atoms with van der Waals surface area (Å²) in [5, 5.41) is 0. The Morgan fingerprint density at radius 1 is 1.09 bits per heavy atom. The van der Waals surface area contributed by atoms with Crippen LogP contribution in [0.4, 0.5) is 17.6 Å². The molecule has 0 aliphatic heterocycles. The van der Waals surface area contributed by atoms with Crippen LogP contribution < -0.4 is 0 Å². The van der Waals surface area contributed by atoms with Gasteiger partial charge in [-0.05, 0) is 6.07 Å². The maximum Gasteiger partial charge on any atom is 0.266 e. The molecule has 0 atom stereocenters. The molecular formula is C7H4F4. The van der Waals surface area contributed by atoms with Gasteiger partial charge in [-0.15, -0.1) is 0 Å². The highest BCUT2D eigenvalue weighted by Gasteiger charge is 2.15. The van der Waals surface area contributed by atoms with Crippen molar-refractivity contribution in [2.45, 2.75) is 6.43 Å². The molecule has 0 spiro atoms. The van der Waals surface area contributed by atoms with Gasteiger partial charge in [0.25, 0.3) is 6.43 Å². The molecule has 60 valence electrons. The molecule has 0 fully saturated rings. The molecule has 0 nitrogen and oxygen atoms in total. The molecule has 0 saturated carbocycles. The summed E-state index contributed by atoms with van der Waals surface area (Å²) in [5.41, 5.74) is -0.898. The fourth-order valence-corrected chi connectivity index (χ4v) is 0.689. The molecule has 0 bridgehead atoms. The molecule has 0 amide bonds. The third-order valence-corrected chi connectivity index (χ3v) is 1.22. The van der Waals surface area contributed by atoms with Crippen molar-refractivity contribution in [1.82, 2.24) is 0 Å². The van der Waals surface area contributed by atoms with Gasteiger partial charge in [-0.2, -0.15) is 0 Å². The van der Waals surface area contributed by atoms with Crippen molar-refractivity contribution in [2.75, 3.05) is 0 Å². The molecule has 0 aromatic heterocycles. The van der Waals surface area contributed by atoms with E-state index in [0.29, 0.717) is 0 Å². The van der Waals surface area contributed by atoms with Crippen LogP contribution in [0.3, 0.4) is 0 Å². The van der Waals surface area contributed by atoms with Crippen molar-refractivity contribution in [3.05, 3.63) is 35.4 Å². The third-order valence-electron chi connectivity index (χ3n) is 1.22. The van der Waals surface area contributed by atoms with Crippen LogP contribution in [0.1, 0.15) is 12.0 Å². The lowest BCUT2D eigenvalue weighted by atomic mass is 10.2. The molecule has 0 radical (unpaired) electrons. The van der Waals surface area contributed by atoms with E-state index in [1.807, 2.05) is 0 Å². The second-order valence-electron chi connectivity index (χ2n) is 1.94. The maximum absolute atomic E-state index is 12.4. The van der Waals surface area contributed by atoms with Gasteiger partial charge in [0.15, 0.2) is 11.6 Å².